The number of carbonyl (C=O) groups is 1. The molecule has 9 heavy (non-hydrogen) atoms. The quantitative estimate of drug-likeness (QED) is 0.506. The molecule has 0 fully saturated rings. The van der Waals surface area contributed by atoms with Crippen LogP contribution in [0.1, 0.15) is 20.3 Å². The van der Waals surface area contributed by atoms with Crippen molar-refractivity contribution in [1.82, 2.24) is 0 Å². The van der Waals surface area contributed by atoms with Crippen molar-refractivity contribution in [2.75, 3.05) is 5.33 Å². The zero-order valence-corrected chi connectivity index (χ0v) is 7.27. The first-order valence-corrected chi connectivity index (χ1v) is 4.08. The molecule has 0 N–H and O–H groups in total. The highest BCUT2D eigenvalue weighted by molar-refractivity contribution is 9.09. The summed E-state index contributed by atoms with van der Waals surface area (Å²) in [5.74, 6) is -0.190. The number of hydrogen-bond acceptors (Lipinski definition) is 2. The van der Waals surface area contributed by atoms with Crippen molar-refractivity contribution in [3.8, 4) is 0 Å². The van der Waals surface area contributed by atoms with Gasteiger partial charge in [0.2, 0.25) is 0 Å². The van der Waals surface area contributed by atoms with Crippen LogP contribution in [-0.2, 0) is 9.53 Å². The summed E-state index contributed by atoms with van der Waals surface area (Å²) in [5, 5.41) is 0.289. The zero-order valence-electron chi connectivity index (χ0n) is 5.69. The topological polar surface area (TPSA) is 26.3 Å². The van der Waals surface area contributed by atoms with Gasteiger partial charge in [-0.25, -0.2) is 0 Å². The first-order chi connectivity index (χ1) is 4.20. The molecule has 0 spiro atoms. The molecule has 0 bridgehead atoms. The van der Waals surface area contributed by atoms with Crippen molar-refractivity contribution in [2.45, 2.75) is 26.4 Å². The molecule has 3 heteroatoms. The van der Waals surface area contributed by atoms with Gasteiger partial charge in [-0.05, 0) is 13.3 Å². The molecule has 0 aromatic heterocycles. The lowest BCUT2D eigenvalue weighted by Crippen LogP contribution is -2.14. The van der Waals surface area contributed by atoms with Crippen molar-refractivity contribution in [1.29, 1.82) is 0 Å². The Morgan fingerprint density at radius 1 is 1.78 bits per heavy atom. The van der Waals surface area contributed by atoms with Crippen molar-refractivity contribution in [2.24, 2.45) is 0 Å². The molecule has 1 atom stereocenters. The molecule has 0 radical (unpaired) electrons. The molecule has 0 amide bonds. The Morgan fingerprint density at radius 2 is 2.33 bits per heavy atom. The molecule has 0 aromatic rings. The molecular weight excluding hydrogens is 184 g/mol. The van der Waals surface area contributed by atoms with Crippen LogP contribution in [0.2, 0.25) is 0 Å². The van der Waals surface area contributed by atoms with Gasteiger partial charge >= 0.3 is 5.97 Å². The second-order valence-corrected chi connectivity index (χ2v) is 2.40. The summed E-state index contributed by atoms with van der Waals surface area (Å²) in [5.41, 5.74) is 0. The number of rotatable bonds is 3. The zero-order chi connectivity index (χ0) is 7.28. The van der Waals surface area contributed by atoms with Crippen LogP contribution in [0, 0.1) is 0 Å². The lowest BCUT2D eigenvalue weighted by Gasteiger charge is -2.07. The van der Waals surface area contributed by atoms with Crippen LogP contribution < -0.4 is 0 Å². The van der Waals surface area contributed by atoms with E-state index in [-0.39, 0.29) is 17.4 Å². The molecule has 2 nitrogen and oxygen atoms in total. The van der Waals surface area contributed by atoms with E-state index < -0.39 is 0 Å². The van der Waals surface area contributed by atoms with Crippen LogP contribution in [0.4, 0.5) is 0 Å². The van der Waals surface area contributed by atoms with Crippen molar-refractivity contribution in [3.63, 3.8) is 0 Å². The Labute approximate surface area is 63.7 Å². The molecule has 0 aliphatic rings. The van der Waals surface area contributed by atoms with Gasteiger partial charge in [0.15, 0.2) is 0 Å². The standard InChI is InChI=1S/C6H11BrO2/c1-3-5(2)9-6(8)4-7/h5H,3-4H2,1-2H3/t5-/m1/s1. The van der Waals surface area contributed by atoms with Gasteiger partial charge in [0.1, 0.15) is 5.33 Å². The minimum absolute atomic E-state index is 0.0510. The first-order valence-electron chi connectivity index (χ1n) is 2.96. The Hall–Kier alpha value is -0.0500. The molecule has 0 aliphatic carbocycles. The van der Waals surface area contributed by atoms with Gasteiger partial charge in [-0.2, -0.15) is 0 Å². The van der Waals surface area contributed by atoms with Gasteiger partial charge in [0.25, 0.3) is 0 Å². The smallest absolute Gasteiger partial charge is 0.316 e. The molecular formula is C6H11BrO2. The maximum absolute atomic E-state index is 10.5. The molecule has 0 rings (SSSR count). The van der Waals surface area contributed by atoms with Crippen molar-refractivity contribution < 1.29 is 9.53 Å². The Balaban J connectivity index is 3.34. The number of alkyl halides is 1. The third-order valence-corrected chi connectivity index (χ3v) is 1.47. The predicted octanol–water partition coefficient (Wildman–Crippen LogP) is 1.72. The summed E-state index contributed by atoms with van der Waals surface area (Å²) >= 11 is 3.00. The Morgan fingerprint density at radius 3 is 2.67 bits per heavy atom. The minimum atomic E-state index is -0.190. The SMILES string of the molecule is CC[C@@H](C)OC(=O)CBr. The van der Waals surface area contributed by atoms with Crippen LogP contribution in [0.25, 0.3) is 0 Å². The van der Waals surface area contributed by atoms with Crippen LogP contribution in [0.15, 0.2) is 0 Å². The van der Waals surface area contributed by atoms with Crippen LogP contribution in [0.3, 0.4) is 0 Å². The van der Waals surface area contributed by atoms with E-state index in [0.29, 0.717) is 0 Å². The monoisotopic (exact) mass is 194 g/mol. The van der Waals surface area contributed by atoms with E-state index in [4.69, 9.17) is 4.74 Å². The third-order valence-electron chi connectivity index (χ3n) is 1.02. The second kappa shape index (κ2) is 4.79. The van der Waals surface area contributed by atoms with Gasteiger partial charge in [0, 0.05) is 0 Å². The number of esters is 1. The van der Waals surface area contributed by atoms with E-state index >= 15 is 0 Å². The van der Waals surface area contributed by atoms with Gasteiger partial charge < -0.3 is 4.74 Å². The number of carbonyl (C=O) groups excluding carboxylic acids is 1. The van der Waals surface area contributed by atoms with Gasteiger partial charge in [-0.3, -0.25) is 4.79 Å². The molecule has 0 unspecified atom stereocenters. The fourth-order valence-electron chi connectivity index (χ4n) is 0.339. The molecule has 0 saturated carbocycles. The highest BCUT2D eigenvalue weighted by Gasteiger charge is 2.03. The Bertz CT molecular complexity index is 93.1. The van der Waals surface area contributed by atoms with E-state index in [1.165, 1.54) is 0 Å². The summed E-state index contributed by atoms with van der Waals surface area (Å²) < 4.78 is 4.86. The maximum Gasteiger partial charge on any atom is 0.316 e. The number of ether oxygens (including phenoxy) is 1. The number of halogens is 1. The van der Waals surface area contributed by atoms with Crippen LogP contribution in [0.5, 0.6) is 0 Å². The summed E-state index contributed by atoms with van der Waals surface area (Å²) in [4.78, 5) is 10.5. The lowest BCUT2D eigenvalue weighted by molar-refractivity contribution is -0.144. The Kier molecular flexibility index (Phi) is 4.77. The van der Waals surface area contributed by atoms with Crippen LogP contribution in [-0.4, -0.2) is 17.4 Å². The van der Waals surface area contributed by atoms with Crippen molar-refractivity contribution in [3.05, 3.63) is 0 Å². The summed E-state index contributed by atoms with van der Waals surface area (Å²) in [6.45, 7) is 3.85. The van der Waals surface area contributed by atoms with Crippen molar-refractivity contribution >= 4 is 21.9 Å². The minimum Gasteiger partial charge on any atom is -0.462 e. The fraction of sp³-hybridized carbons (Fsp3) is 0.833. The second-order valence-electron chi connectivity index (χ2n) is 1.84. The van der Waals surface area contributed by atoms with Crippen LogP contribution >= 0.6 is 15.9 Å². The van der Waals surface area contributed by atoms with Gasteiger partial charge in [-0.1, -0.05) is 22.9 Å². The predicted molar refractivity (Wildman–Crippen MR) is 39.6 cm³/mol. The average molecular weight is 195 g/mol. The molecule has 0 aromatic carbocycles. The van der Waals surface area contributed by atoms with E-state index in [2.05, 4.69) is 15.9 Å². The summed E-state index contributed by atoms with van der Waals surface area (Å²) in [7, 11) is 0. The highest BCUT2D eigenvalue weighted by Crippen LogP contribution is 1.97. The largest absolute Gasteiger partial charge is 0.462 e. The summed E-state index contributed by atoms with van der Waals surface area (Å²) in [6, 6.07) is 0. The van der Waals surface area contributed by atoms with E-state index in [0.717, 1.165) is 6.42 Å². The van der Waals surface area contributed by atoms with E-state index in [1.807, 2.05) is 13.8 Å². The average Bonchev–Trinajstić information content (AvgIpc) is 1.87. The molecule has 0 saturated heterocycles. The molecule has 0 heterocycles. The third kappa shape index (κ3) is 4.45. The molecule has 54 valence electrons. The summed E-state index contributed by atoms with van der Waals surface area (Å²) in [6.07, 6.45) is 0.925. The normalized spacial score (nSPS) is 12.8. The van der Waals surface area contributed by atoms with E-state index in [1.54, 1.807) is 0 Å². The van der Waals surface area contributed by atoms with Gasteiger partial charge in [-0.15, -0.1) is 0 Å². The number of hydrogen-bond donors (Lipinski definition) is 0. The van der Waals surface area contributed by atoms with Gasteiger partial charge in [0.05, 0.1) is 6.10 Å². The molecule has 0 aliphatic heterocycles. The first kappa shape index (κ1) is 8.95. The fourth-order valence-corrected chi connectivity index (χ4v) is 0.471. The lowest BCUT2D eigenvalue weighted by atomic mass is 10.3. The van der Waals surface area contributed by atoms with E-state index in [9.17, 15) is 4.79 Å². The maximum atomic E-state index is 10.5. The highest BCUT2D eigenvalue weighted by atomic mass is 79.9.